The number of nitrogens with one attached hydrogen (secondary N) is 2. The minimum Gasteiger partial charge on any atom is -0.494 e. The van der Waals surface area contributed by atoms with Gasteiger partial charge >= 0.3 is 0 Å². The summed E-state index contributed by atoms with van der Waals surface area (Å²) in [6.07, 6.45) is 8.88. The monoisotopic (exact) mass is 306 g/mol. The summed E-state index contributed by atoms with van der Waals surface area (Å²) >= 11 is 0. The molecule has 1 aromatic rings. The summed E-state index contributed by atoms with van der Waals surface area (Å²) in [6.45, 7) is 8.35. The van der Waals surface area contributed by atoms with Crippen LogP contribution < -0.4 is 15.4 Å². The van der Waals surface area contributed by atoms with E-state index < -0.39 is 0 Å². The van der Waals surface area contributed by atoms with E-state index in [1.54, 1.807) is 0 Å². The first-order valence-electron chi connectivity index (χ1n) is 9.04. The molecular weight excluding hydrogens is 272 g/mol. The van der Waals surface area contributed by atoms with Gasteiger partial charge in [0.1, 0.15) is 5.75 Å². The van der Waals surface area contributed by atoms with E-state index >= 15 is 0 Å². The van der Waals surface area contributed by atoms with Gasteiger partial charge in [0, 0.05) is 24.8 Å². The minimum atomic E-state index is 0.825. The number of benzene rings is 1. The van der Waals surface area contributed by atoms with Crippen LogP contribution in [0.25, 0.3) is 0 Å². The smallest absolute Gasteiger partial charge is 0.121 e. The number of hydrogen-bond donors (Lipinski definition) is 2. The van der Waals surface area contributed by atoms with Gasteiger partial charge < -0.3 is 15.4 Å². The minimum absolute atomic E-state index is 0.825. The number of ether oxygens (including phenoxy) is 1. The molecule has 3 heteroatoms. The fourth-order valence-corrected chi connectivity index (χ4v) is 2.31. The standard InChI is InChI=1S/C19H34N2O/c1-3-5-7-8-9-16-22-19-12-10-11-18(17-19)21-15-14-20-13-6-4-2/h10-12,17,20-21H,3-9,13-16H2,1-2H3. The first-order valence-corrected chi connectivity index (χ1v) is 9.04. The summed E-state index contributed by atoms with van der Waals surface area (Å²) in [5.74, 6) is 0.972. The topological polar surface area (TPSA) is 33.3 Å². The lowest BCUT2D eigenvalue weighted by atomic mass is 10.2. The molecule has 0 atom stereocenters. The highest BCUT2D eigenvalue weighted by Crippen LogP contribution is 2.17. The van der Waals surface area contributed by atoms with Crippen molar-refractivity contribution in [3.63, 3.8) is 0 Å². The summed E-state index contributed by atoms with van der Waals surface area (Å²) in [5.41, 5.74) is 1.14. The van der Waals surface area contributed by atoms with E-state index in [0.717, 1.165) is 44.1 Å². The number of rotatable bonds is 14. The van der Waals surface area contributed by atoms with E-state index in [-0.39, 0.29) is 0 Å². The van der Waals surface area contributed by atoms with Gasteiger partial charge in [0.2, 0.25) is 0 Å². The molecule has 0 radical (unpaired) electrons. The first-order chi connectivity index (χ1) is 10.9. The van der Waals surface area contributed by atoms with Crippen LogP contribution in [-0.2, 0) is 0 Å². The van der Waals surface area contributed by atoms with Crippen LogP contribution in [0.5, 0.6) is 5.75 Å². The predicted octanol–water partition coefficient (Wildman–Crippen LogP) is 4.84. The number of anilines is 1. The van der Waals surface area contributed by atoms with Gasteiger partial charge in [-0.15, -0.1) is 0 Å². The van der Waals surface area contributed by atoms with Crippen LogP contribution in [0.15, 0.2) is 24.3 Å². The molecule has 0 saturated heterocycles. The third-order valence-corrected chi connectivity index (χ3v) is 3.69. The Hall–Kier alpha value is -1.22. The molecule has 0 heterocycles. The fourth-order valence-electron chi connectivity index (χ4n) is 2.31. The number of hydrogen-bond acceptors (Lipinski definition) is 3. The largest absolute Gasteiger partial charge is 0.494 e. The second-order valence-electron chi connectivity index (χ2n) is 5.82. The van der Waals surface area contributed by atoms with Crippen LogP contribution in [0.3, 0.4) is 0 Å². The van der Waals surface area contributed by atoms with E-state index in [9.17, 15) is 0 Å². The zero-order valence-electron chi connectivity index (χ0n) is 14.5. The van der Waals surface area contributed by atoms with E-state index in [1.165, 1.54) is 38.5 Å². The maximum absolute atomic E-state index is 5.83. The molecular formula is C19H34N2O. The molecule has 3 nitrogen and oxygen atoms in total. The molecule has 0 aliphatic carbocycles. The van der Waals surface area contributed by atoms with Crippen molar-refractivity contribution in [3.05, 3.63) is 24.3 Å². The highest BCUT2D eigenvalue weighted by atomic mass is 16.5. The summed E-state index contributed by atoms with van der Waals surface area (Å²) in [5, 5.41) is 6.87. The average Bonchev–Trinajstić information content (AvgIpc) is 2.54. The molecule has 0 spiro atoms. The van der Waals surface area contributed by atoms with E-state index in [1.807, 2.05) is 6.07 Å². The summed E-state index contributed by atoms with van der Waals surface area (Å²) in [6, 6.07) is 8.29. The molecule has 0 amide bonds. The van der Waals surface area contributed by atoms with Gasteiger partial charge in [0.05, 0.1) is 6.61 Å². The lowest BCUT2D eigenvalue weighted by Gasteiger charge is -2.10. The van der Waals surface area contributed by atoms with Gasteiger partial charge in [-0.1, -0.05) is 52.0 Å². The summed E-state index contributed by atoms with van der Waals surface area (Å²) in [7, 11) is 0. The van der Waals surface area contributed by atoms with Gasteiger partial charge in [-0.2, -0.15) is 0 Å². The van der Waals surface area contributed by atoms with Crippen LogP contribution in [0, 0.1) is 0 Å². The molecule has 0 aliphatic heterocycles. The highest BCUT2D eigenvalue weighted by molar-refractivity contribution is 5.48. The third-order valence-electron chi connectivity index (χ3n) is 3.69. The molecule has 0 bridgehead atoms. The van der Waals surface area contributed by atoms with Gasteiger partial charge in [-0.3, -0.25) is 0 Å². The Morgan fingerprint density at radius 3 is 2.50 bits per heavy atom. The van der Waals surface area contributed by atoms with E-state index in [2.05, 4.69) is 42.7 Å². The summed E-state index contributed by atoms with van der Waals surface area (Å²) < 4.78 is 5.83. The predicted molar refractivity (Wildman–Crippen MR) is 97.0 cm³/mol. The second kappa shape index (κ2) is 13.4. The van der Waals surface area contributed by atoms with E-state index in [4.69, 9.17) is 4.74 Å². The van der Waals surface area contributed by atoms with Crippen LogP contribution in [-0.4, -0.2) is 26.2 Å². The van der Waals surface area contributed by atoms with Crippen molar-refractivity contribution in [2.45, 2.75) is 58.8 Å². The average molecular weight is 306 g/mol. The van der Waals surface area contributed by atoms with Crippen LogP contribution in [0.4, 0.5) is 5.69 Å². The molecule has 0 aliphatic rings. The quantitative estimate of drug-likeness (QED) is 0.483. The third kappa shape index (κ3) is 9.67. The molecule has 1 rings (SSSR count). The Labute approximate surface area is 136 Å². The maximum atomic E-state index is 5.83. The van der Waals surface area contributed by atoms with Gasteiger partial charge in [-0.25, -0.2) is 0 Å². The maximum Gasteiger partial charge on any atom is 0.121 e. The highest BCUT2D eigenvalue weighted by Gasteiger charge is 1.97. The van der Waals surface area contributed by atoms with Crippen molar-refractivity contribution in [1.82, 2.24) is 5.32 Å². The van der Waals surface area contributed by atoms with Crippen molar-refractivity contribution in [2.24, 2.45) is 0 Å². The molecule has 22 heavy (non-hydrogen) atoms. The molecule has 0 aromatic heterocycles. The van der Waals surface area contributed by atoms with E-state index in [0.29, 0.717) is 0 Å². The first kappa shape index (κ1) is 18.8. The molecule has 2 N–H and O–H groups in total. The van der Waals surface area contributed by atoms with Crippen molar-refractivity contribution in [3.8, 4) is 5.75 Å². The lowest BCUT2D eigenvalue weighted by Crippen LogP contribution is -2.23. The summed E-state index contributed by atoms with van der Waals surface area (Å²) in [4.78, 5) is 0. The molecule has 0 fully saturated rings. The van der Waals surface area contributed by atoms with Crippen molar-refractivity contribution >= 4 is 5.69 Å². The fraction of sp³-hybridized carbons (Fsp3) is 0.684. The Kier molecular flexibility index (Phi) is 11.5. The van der Waals surface area contributed by atoms with Gasteiger partial charge in [0.15, 0.2) is 0 Å². The Morgan fingerprint density at radius 2 is 1.68 bits per heavy atom. The van der Waals surface area contributed by atoms with Crippen molar-refractivity contribution in [1.29, 1.82) is 0 Å². The molecule has 0 saturated carbocycles. The van der Waals surface area contributed by atoms with Crippen LogP contribution in [0.2, 0.25) is 0 Å². The van der Waals surface area contributed by atoms with Crippen LogP contribution >= 0.6 is 0 Å². The zero-order valence-corrected chi connectivity index (χ0v) is 14.5. The zero-order chi connectivity index (χ0) is 15.9. The number of unbranched alkanes of at least 4 members (excludes halogenated alkanes) is 5. The molecule has 0 unspecified atom stereocenters. The van der Waals surface area contributed by atoms with Crippen LogP contribution in [0.1, 0.15) is 58.8 Å². The normalized spacial score (nSPS) is 10.6. The van der Waals surface area contributed by atoms with Crippen molar-refractivity contribution in [2.75, 3.05) is 31.6 Å². The van der Waals surface area contributed by atoms with Crippen molar-refractivity contribution < 1.29 is 4.74 Å². The molecule has 126 valence electrons. The lowest BCUT2D eigenvalue weighted by molar-refractivity contribution is 0.304. The Balaban J connectivity index is 2.13. The Bertz CT molecular complexity index is 337. The van der Waals surface area contributed by atoms with Gasteiger partial charge in [-0.05, 0) is 31.5 Å². The second-order valence-corrected chi connectivity index (χ2v) is 5.82. The molecule has 1 aromatic carbocycles. The van der Waals surface area contributed by atoms with Gasteiger partial charge in [0.25, 0.3) is 0 Å². The Morgan fingerprint density at radius 1 is 0.864 bits per heavy atom. The SMILES string of the molecule is CCCCCCCOc1cccc(NCCNCCCC)c1.